The first-order valence-corrected chi connectivity index (χ1v) is 5.84. The van der Waals surface area contributed by atoms with E-state index in [-0.39, 0.29) is 12.5 Å². The molecule has 1 amide bonds. The van der Waals surface area contributed by atoms with E-state index in [4.69, 9.17) is 5.73 Å². The molecule has 0 aliphatic rings. The Bertz CT molecular complexity index is 434. The van der Waals surface area contributed by atoms with Crippen molar-refractivity contribution in [2.45, 2.75) is 32.0 Å². The first kappa shape index (κ1) is 15.4. The van der Waals surface area contributed by atoms with Crippen molar-refractivity contribution in [3.8, 4) is 0 Å². The Labute approximate surface area is 109 Å². The lowest BCUT2D eigenvalue weighted by molar-refractivity contribution is -0.173. The van der Waals surface area contributed by atoms with Crippen LogP contribution in [0, 0.1) is 0 Å². The topological polar surface area (TPSA) is 68.0 Å². The minimum atomic E-state index is -4.86. The van der Waals surface area contributed by atoms with E-state index in [0.29, 0.717) is 12.1 Å². The molecule has 3 N–H and O–H groups in total. The van der Waals surface area contributed by atoms with Crippen LogP contribution >= 0.6 is 0 Å². The van der Waals surface area contributed by atoms with E-state index in [9.17, 15) is 18.0 Å². The van der Waals surface area contributed by atoms with Gasteiger partial charge < -0.3 is 11.1 Å². The maximum atomic E-state index is 12.0. The molecule has 1 aromatic rings. The maximum absolute atomic E-state index is 12.0. The minimum absolute atomic E-state index is 0.128. The summed E-state index contributed by atoms with van der Waals surface area (Å²) in [7, 11) is 0. The Hall–Kier alpha value is -1.63. The summed E-state index contributed by atoms with van der Waals surface area (Å²) < 4.78 is 36.1. The van der Waals surface area contributed by atoms with Gasteiger partial charge in [-0.25, -0.2) is 0 Å². The van der Waals surface area contributed by atoms with Crippen LogP contribution in [0.5, 0.6) is 0 Å². The molecular formula is C12H16F3N3O. The molecule has 0 spiro atoms. The fourth-order valence-electron chi connectivity index (χ4n) is 1.55. The highest BCUT2D eigenvalue weighted by Crippen LogP contribution is 2.17. The molecule has 1 rings (SSSR count). The molecule has 1 aromatic heterocycles. The summed E-state index contributed by atoms with van der Waals surface area (Å²) in [5.74, 6) is -1.82. The predicted octanol–water partition coefficient (Wildman–Crippen LogP) is 1.71. The van der Waals surface area contributed by atoms with Crippen molar-refractivity contribution in [2.75, 3.05) is 6.54 Å². The van der Waals surface area contributed by atoms with Crippen LogP contribution in [-0.4, -0.2) is 23.6 Å². The van der Waals surface area contributed by atoms with Crippen molar-refractivity contribution in [2.24, 2.45) is 5.73 Å². The number of carbonyl (C=O) groups excluding carboxylic acids is 1. The van der Waals surface area contributed by atoms with Crippen LogP contribution in [0.2, 0.25) is 0 Å². The first-order chi connectivity index (χ1) is 8.84. The fourth-order valence-corrected chi connectivity index (χ4v) is 1.55. The molecule has 0 bridgehead atoms. The summed E-state index contributed by atoms with van der Waals surface area (Å²) in [6.45, 7) is 2.27. The van der Waals surface area contributed by atoms with Gasteiger partial charge in [0.1, 0.15) is 0 Å². The summed E-state index contributed by atoms with van der Waals surface area (Å²) in [4.78, 5) is 14.8. The number of nitrogens with two attached hydrogens (primary N) is 1. The number of hydrogen-bond donors (Lipinski definition) is 2. The molecule has 1 atom stereocenters. The van der Waals surface area contributed by atoms with Gasteiger partial charge in [0.05, 0.1) is 0 Å². The summed E-state index contributed by atoms with van der Waals surface area (Å²) in [5, 5.41) is 1.82. The molecule has 19 heavy (non-hydrogen) atoms. The van der Waals surface area contributed by atoms with E-state index in [1.54, 1.807) is 12.1 Å². The van der Waals surface area contributed by atoms with Gasteiger partial charge in [-0.2, -0.15) is 13.2 Å². The van der Waals surface area contributed by atoms with Gasteiger partial charge in [-0.15, -0.1) is 0 Å². The van der Waals surface area contributed by atoms with Gasteiger partial charge in [0.15, 0.2) is 0 Å². The van der Waals surface area contributed by atoms with E-state index in [2.05, 4.69) is 4.98 Å². The zero-order chi connectivity index (χ0) is 14.5. The van der Waals surface area contributed by atoms with Gasteiger partial charge in [0.25, 0.3) is 0 Å². The Morgan fingerprint density at radius 2 is 2.21 bits per heavy atom. The lowest BCUT2D eigenvalue weighted by Crippen LogP contribution is -2.36. The molecule has 0 aromatic carbocycles. The normalized spacial score (nSPS) is 13.1. The Morgan fingerprint density at radius 1 is 1.53 bits per heavy atom. The molecule has 1 heterocycles. The Kier molecular flexibility index (Phi) is 5.29. The number of rotatable bonds is 5. The van der Waals surface area contributed by atoms with E-state index >= 15 is 0 Å². The molecule has 0 saturated heterocycles. The maximum Gasteiger partial charge on any atom is 0.471 e. The SMILES string of the molecule is CC(CCN)c1cc(CNC(=O)C(F)(F)F)ccn1. The molecule has 0 radical (unpaired) electrons. The second kappa shape index (κ2) is 6.51. The largest absolute Gasteiger partial charge is 0.471 e. The molecule has 7 heteroatoms. The number of halogens is 3. The summed E-state index contributed by atoms with van der Waals surface area (Å²) >= 11 is 0. The van der Waals surface area contributed by atoms with Crippen LogP contribution in [0.3, 0.4) is 0 Å². The molecule has 0 saturated carbocycles. The number of pyridine rings is 1. The van der Waals surface area contributed by atoms with Gasteiger partial charge >= 0.3 is 12.1 Å². The zero-order valence-corrected chi connectivity index (χ0v) is 10.5. The van der Waals surface area contributed by atoms with Crippen LogP contribution in [0.25, 0.3) is 0 Å². The molecule has 0 aliphatic heterocycles. The summed E-state index contributed by atoms with van der Waals surface area (Å²) in [5.41, 5.74) is 6.77. The first-order valence-electron chi connectivity index (χ1n) is 5.84. The van der Waals surface area contributed by atoms with E-state index in [1.165, 1.54) is 6.20 Å². The second-order valence-corrected chi connectivity index (χ2v) is 4.25. The van der Waals surface area contributed by atoms with E-state index in [0.717, 1.165) is 12.1 Å². The monoisotopic (exact) mass is 275 g/mol. The van der Waals surface area contributed by atoms with Crippen molar-refractivity contribution in [3.05, 3.63) is 29.6 Å². The molecule has 1 unspecified atom stereocenters. The number of nitrogens with zero attached hydrogens (tertiary/aromatic N) is 1. The van der Waals surface area contributed by atoms with Gasteiger partial charge in [0, 0.05) is 18.4 Å². The summed E-state index contributed by atoms with van der Waals surface area (Å²) in [6.07, 6.45) is -2.61. The van der Waals surface area contributed by atoms with Crippen LogP contribution < -0.4 is 11.1 Å². The number of hydrogen-bond acceptors (Lipinski definition) is 3. The van der Waals surface area contributed by atoms with Gasteiger partial charge in [-0.05, 0) is 36.6 Å². The number of nitrogens with one attached hydrogen (secondary N) is 1. The average molecular weight is 275 g/mol. The number of alkyl halides is 3. The van der Waals surface area contributed by atoms with Crippen LogP contribution in [-0.2, 0) is 11.3 Å². The highest BCUT2D eigenvalue weighted by Gasteiger charge is 2.38. The molecule has 0 fully saturated rings. The average Bonchev–Trinajstić information content (AvgIpc) is 2.35. The Balaban J connectivity index is 2.65. The van der Waals surface area contributed by atoms with Crippen molar-refractivity contribution in [3.63, 3.8) is 0 Å². The molecule has 4 nitrogen and oxygen atoms in total. The highest BCUT2D eigenvalue weighted by atomic mass is 19.4. The standard InChI is InChI=1S/C12H16F3N3O/c1-8(2-4-16)10-6-9(3-5-17-10)7-18-11(19)12(13,14)15/h3,5-6,8H,2,4,7,16H2,1H3,(H,18,19). The highest BCUT2D eigenvalue weighted by molar-refractivity contribution is 5.81. The fraction of sp³-hybridized carbons (Fsp3) is 0.500. The van der Waals surface area contributed by atoms with Crippen molar-refractivity contribution < 1.29 is 18.0 Å². The van der Waals surface area contributed by atoms with Crippen LogP contribution in [0.4, 0.5) is 13.2 Å². The predicted molar refractivity (Wildman–Crippen MR) is 64.2 cm³/mol. The van der Waals surface area contributed by atoms with Gasteiger partial charge in [-0.1, -0.05) is 6.92 Å². The van der Waals surface area contributed by atoms with Gasteiger partial charge in [-0.3, -0.25) is 9.78 Å². The van der Waals surface area contributed by atoms with Crippen molar-refractivity contribution in [1.29, 1.82) is 0 Å². The number of aromatic nitrogens is 1. The van der Waals surface area contributed by atoms with Crippen LogP contribution in [0.15, 0.2) is 18.3 Å². The van der Waals surface area contributed by atoms with Crippen LogP contribution in [0.1, 0.15) is 30.5 Å². The third kappa shape index (κ3) is 4.86. The molecule has 0 aliphatic carbocycles. The second-order valence-electron chi connectivity index (χ2n) is 4.25. The Morgan fingerprint density at radius 3 is 2.79 bits per heavy atom. The van der Waals surface area contributed by atoms with E-state index < -0.39 is 12.1 Å². The number of carbonyl (C=O) groups is 1. The third-order valence-corrected chi connectivity index (χ3v) is 2.66. The van der Waals surface area contributed by atoms with Crippen molar-refractivity contribution >= 4 is 5.91 Å². The van der Waals surface area contributed by atoms with Crippen molar-refractivity contribution in [1.82, 2.24) is 10.3 Å². The quantitative estimate of drug-likeness (QED) is 0.859. The minimum Gasteiger partial charge on any atom is -0.344 e. The smallest absolute Gasteiger partial charge is 0.344 e. The van der Waals surface area contributed by atoms with Gasteiger partial charge in [0.2, 0.25) is 0 Å². The zero-order valence-electron chi connectivity index (χ0n) is 10.5. The molecule has 106 valence electrons. The number of amides is 1. The lowest BCUT2D eigenvalue weighted by atomic mass is 10.0. The summed E-state index contributed by atoms with van der Waals surface area (Å²) in [6, 6.07) is 3.24. The lowest BCUT2D eigenvalue weighted by Gasteiger charge is -2.12. The van der Waals surface area contributed by atoms with E-state index in [1.807, 2.05) is 12.2 Å². The molecular weight excluding hydrogens is 259 g/mol. The third-order valence-electron chi connectivity index (χ3n) is 2.66.